The second-order valence-electron chi connectivity index (χ2n) is 6.95. The van der Waals surface area contributed by atoms with Crippen LogP contribution in [0.5, 0.6) is 0 Å². The van der Waals surface area contributed by atoms with Crippen molar-refractivity contribution in [3.8, 4) is 0 Å². The number of aliphatic carboxylic acids is 1. The Bertz CT molecular complexity index is 608. The fourth-order valence-electron chi connectivity index (χ4n) is 3.50. The molecule has 1 aliphatic heterocycles. The van der Waals surface area contributed by atoms with Crippen LogP contribution in [0.25, 0.3) is 0 Å². The van der Waals surface area contributed by atoms with E-state index in [-0.39, 0.29) is 30.2 Å². The number of carbonyl (C=O) groups excluding carboxylic acids is 1. The van der Waals surface area contributed by atoms with E-state index in [0.29, 0.717) is 19.5 Å². The van der Waals surface area contributed by atoms with Crippen LogP contribution < -0.4 is 0 Å². The molecule has 1 N–H and O–H groups in total. The second kappa shape index (κ2) is 8.94. The molecule has 0 aliphatic carbocycles. The lowest BCUT2D eigenvalue weighted by Gasteiger charge is -2.26. The molecule has 138 valence electrons. The van der Waals surface area contributed by atoms with Crippen molar-refractivity contribution in [3.05, 3.63) is 35.6 Å². The Morgan fingerprint density at radius 3 is 2.80 bits per heavy atom. The standard InChI is InChI=1S/C19H27FN2O3/c1-14(11-15-5-3-6-16(20)12-15)19(25)22-9-4-7-17(8-10-22)21(2)13-18(23)24/h3,5-6,12,14,17H,4,7-11,13H2,1-2H3,(H,23,24). The molecule has 2 rings (SSSR count). The molecule has 1 aliphatic rings. The third kappa shape index (κ3) is 5.81. The topological polar surface area (TPSA) is 60.9 Å². The first-order valence-electron chi connectivity index (χ1n) is 8.82. The van der Waals surface area contributed by atoms with Crippen LogP contribution in [0.3, 0.4) is 0 Å². The third-order valence-corrected chi connectivity index (χ3v) is 4.87. The zero-order valence-electron chi connectivity index (χ0n) is 14.9. The molecule has 1 heterocycles. The van der Waals surface area contributed by atoms with Crippen LogP contribution >= 0.6 is 0 Å². The number of hydrogen-bond donors (Lipinski definition) is 1. The number of halogens is 1. The molecule has 2 unspecified atom stereocenters. The average Bonchev–Trinajstić information content (AvgIpc) is 2.79. The largest absolute Gasteiger partial charge is 0.480 e. The van der Waals surface area contributed by atoms with Crippen molar-refractivity contribution in [1.29, 1.82) is 0 Å². The predicted octanol–water partition coefficient (Wildman–Crippen LogP) is 2.40. The maximum absolute atomic E-state index is 13.3. The van der Waals surface area contributed by atoms with Crippen LogP contribution in [0.1, 0.15) is 31.7 Å². The van der Waals surface area contributed by atoms with Gasteiger partial charge in [-0.15, -0.1) is 0 Å². The normalized spacial score (nSPS) is 19.5. The minimum Gasteiger partial charge on any atom is -0.480 e. The fraction of sp³-hybridized carbons (Fsp3) is 0.579. The molecule has 1 fully saturated rings. The first-order chi connectivity index (χ1) is 11.9. The minimum atomic E-state index is -0.830. The molecule has 0 bridgehead atoms. The van der Waals surface area contributed by atoms with E-state index in [1.54, 1.807) is 6.07 Å². The van der Waals surface area contributed by atoms with Gasteiger partial charge in [0.25, 0.3) is 0 Å². The van der Waals surface area contributed by atoms with Gasteiger partial charge in [0.05, 0.1) is 6.54 Å². The van der Waals surface area contributed by atoms with Crippen molar-refractivity contribution in [2.75, 3.05) is 26.7 Å². The summed E-state index contributed by atoms with van der Waals surface area (Å²) in [7, 11) is 1.82. The van der Waals surface area contributed by atoms with Crippen LogP contribution in [0.4, 0.5) is 4.39 Å². The van der Waals surface area contributed by atoms with Gasteiger partial charge >= 0.3 is 5.97 Å². The molecule has 1 saturated heterocycles. The summed E-state index contributed by atoms with van der Waals surface area (Å²) in [6, 6.07) is 6.57. The van der Waals surface area contributed by atoms with E-state index in [9.17, 15) is 14.0 Å². The molecule has 5 nitrogen and oxygen atoms in total. The maximum atomic E-state index is 13.3. The molecule has 1 amide bonds. The van der Waals surface area contributed by atoms with Crippen molar-refractivity contribution in [1.82, 2.24) is 9.80 Å². The fourth-order valence-corrected chi connectivity index (χ4v) is 3.50. The number of nitrogens with zero attached hydrogens (tertiary/aromatic N) is 2. The maximum Gasteiger partial charge on any atom is 0.317 e. The van der Waals surface area contributed by atoms with Crippen LogP contribution in [0.15, 0.2) is 24.3 Å². The smallest absolute Gasteiger partial charge is 0.317 e. The Hall–Kier alpha value is -1.95. The summed E-state index contributed by atoms with van der Waals surface area (Å²) in [5, 5.41) is 8.92. The quantitative estimate of drug-likeness (QED) is 0.856. The first kappa shape index (κ1) is 19.4. The van der Waals surface area contributed by atoms with Crippen LogP contribution in [-0.2, 0) is 16.0 Å². The molecule has 0 spiro atoms. The Morgan fingerprint density at radius 2 is 2.12 bits per heavy atom. The van der Waals surface area contributed by atoms with Gasteiger partial charge in [-0.3, -0.25) is 14.5 Å². The number of hydrogen-bond acceptors (Lipinski definition) is 3. The number of likely N-dealkylation sites (N-methyl/N-ethyl adjacent to an activating group) is 1. The summed E-state index contributed by atoms with van der Waals surface area (Å²) in [5.74, 6) is -1.22. The van der Waals surface area contributed by atoms with Crippen LogP contribution in [-0.4, -0.2) is 59.5 Å². The van der Waals surface area contributed by atoms with E-state index < -0.39 is 5.97 Å². The van der Waals surface area contributed by atoms with Gasteiger partial charge in [0.1, 0.15) is 5.82 Å². The first-order valence-corrected chi connectivity index (χ1v) is 8.82. The zero-order chi connectivity index (χ0) is 18.4. The summed E-state index contributed by atoms with van der Waals surface area (Å²) >= 11 is 0. The van der Waals surface area contributed by atoms with Gasteiger partial charge in [0, 0.05) is 25.0 Å². The molecule has 6 heteroatoms. The van der Waals surface area contributed by atoms with Crippen molar-refractivity contribution < 1.29 is 19.1 Å². The van der Waals surface area contributed by atoms with Gasteiger partial charge < -0.3 is 10.0 Å². The van der Waals surface area contributed by atoms with Gasteiger partial charge in [-0.25, -0.2) is 4.39 Å². The Kier molecular flexibility index (Phi) is 6.93. The van der Waals surface area contributed by atoms with E-state index >= 15 is 0 Å². The number of likely N-dealkylation sites (tertiary alicyclic amines) is 1. The van der Waals surface area contributed by atoms with Gasteiger partial charge in [-0.05, 0) is 50.4 Å². The predicted molar refractivity (Wildman–Crippen MR) is 93.8 cm³/mol. The molecule has 25 heavy (non-hydrogen) atoms. The second-order valence-corrected chi connectivity index (χ2v) is 6.95. The van der Waals surface area contributed by atoms with E-state index in [4.69, 9.17) is 5.11 Å². The van der Waals surface area contributed by atoms with E-state index in [0.717, 1.165) is 24.8 Å². The van der Waals surface area contributed by atoms with E-state index in [2.05, 4.69) is 0 Å². The highest BCUT2D eigenvalue weighted by Crippen LogP contribution is 2.19. The molecular formula is C19H27FN2O3. The third-order valence-electron chi connectivity index (χ3n) is 4.87. The number of carboxylic acids is 1. The molecular weight excluding hydrogens is 323 g/mol. The number of carbonyl (C=O) groups is 2. The molecule has 0 saturated carbocycles. The molecule has 1 aromatic rings. The van der Waals surface area contributed by atoms with E-state index in [1.807, 2.05) is 29.8 Å². The SMILES string of the molecule is CC(Cc1cccc(F)c1)C(=O)N1CCCC(N(C)CC(=O)O)CC1. The minimum absolute atomic E-state index is 0.0224. The highest BCUT2D eigenvalue weighted by atomic mass is 19.1. The lowest BCUT2D eigenvalue weighted by atomic mass is 9.99. The number of rotatable bonds is 6. The van der Waals surface area contributed by atoms with Crippen LogP contribution in [0, 0.1) is 11.7 Å². The molecule has 1 aromatic carbocycles. The highest BCUT2D eigenvalue weighted by molar-refractivity contribution is 5.78. The monoisotopic (exact) mass is 350 g/mol. The van der Waals surface area contributed by atoms with Crippen molar-refractivity contribution in [2.24, 2.45) is 5.92 Å². The number of benzene rings is 1. The number of amides is 1. The Balaban J connectivity index is 1.90. The Morgan fingerprint density at radius 1 is 1.36 bits per heavy atom. The van der Waals surface area contributed by atoms with E-state index in [1.165, 1.54) is 12.1 Å². The summed E-state index contributed by atoms with van der Waals surface area (Å²) in [6.07, 6.45) is 3.07. The summed E-state index contributed by atoms with van der Waals surface area (Å²) < 4.78 is 13.3. The van der Waals surface area contributed by atoms with Gasteiger partial charge in [0.2, 0.25) is 5.91 Å². The highest BCUT2D eigenvalue weighted by Gasteiger charge is 2.26. The van der Waals surface area contributed by atoms with Gasteiger partial charge in [-0.1, -0.05) is 19.1 Å². The zero-order valence-corrected chi connectivity index (χ0v) is 14.9. The molecule has 0 aromatic heterocycles. The van der Waals surface area contributed by atoms with Crippen molar-refractivity contribution in [3.63, 3.8) is 0 Å². The van der Waals surface area contributed by atoms with Gasteiger partial charge in [-0.2, -0.15) is 0 Å². The molecule has 0 radical (unpaired) electrons. The van der Waals surface area contributed by atoms with Gasteiger partial charge in [0.15, 0.2) is 0 Å². The lowest BCUT2D eigenvalue weighted by molar-refractivity contribution is -0.139. The van der Waals surface area contributed by atoms with Crippen molar-refractivity contribution in [2.45, 2.75) is 38.6 Å². The van der Waals surface area contributed by atoms with Crippen LogP contribution in [0.2, 0.25) is 0 Å². The lowest BCUT2D eigenvalue weighted by Crippen LogP contribution is -2.39. The molecule has 2 atom stereocenters. The average molecular weight is 350 g/mol. The summed E-state index contributed by atoms with van der Waals surface area (Å²) in [5.41, 5.74) is 0.828. The summed E-state index contributed by atoms with van der Waals surface area (Å²) in [4.78, 5) is 27.3. The number of carboxylic acid groups (broad SMARTS) is 1. The Labute approximate surface area is 148 Å². The summed E-state index contributed by atoms with van der Waals surface area (Å²) in [6.45, 7) is 3.24. The van der Waals surface area contributed by atoms with Crippen molar-refractivity contribution >= 4 is 11.9 Å².